The Labute approximate surface area is 169 Å². The van der Waals surface area contributed by atoms with Gasteiger partial charge in [0.15, 0.2) is 0 Å². The average molecular weight is 379 g/mol. The number of hydrogen-bond acceptors (Lipinski definition) is 6. The average Bonchev–Trinajstić information content (AvgIpc) is 2.22. The molecule has 0 unspecified atom stereocenters. The topological polar surface area (TPSA) is 156 Å². The van der Waals surface area contributed by atoms with E-state index in [1.807, 2.05) is 0 Å². The van der Waals surface area contributed by atoms with E-state index >= 15 is 0 Å². The van der Waals surface area contributed by atoms with Crippen molar-refractivity contribution >= 4 is 82.1 Å². The van der Waals surface area contributed by atoms with E-state index in [0.717, 1.165) is 9.80 Å². The Morgan fingerprint density at radius 1 is 0.571 bits per heavy atom. The summed E-state index contributed by atoms with van der Waals surface area (Å²) in [6.07, 6.45) is 0. The van der Waals surface area contributed by atoms with E-state index in [1.165, 1.54) is 0 Å². The third-order valence-corrected chi connectivity index (χ3v) is 2.17. The standard InChI is InChI=1S/C10H16N2O8.Rb.H/c13-7(14)3-11(4-8(15)16)1-2-12(5-9(17)18)6-10(19)20;;/h1-6H2,(H,13,14)(H,15,16)(H,17,18)(H,19,20);;. The van der Waals surface area contributed by atoms with Crippen LogP contribution >= 0.6 is 0 Å². The van der Waals surface area contributed by atoms with E-state index < -0.39 is 50.1 Å². The van der Waals surface area contributed by atoms with E-state index in [-0.39, 0.29) is 71.3 Å². The summed E-state index contributed by atoms with van der Waals surface area (Å²) < 4.78 is 0. The first kappa shape index (κ1) is 22.9. The molecule has 0 aliphatic rings. The summed E-state index contributed by atoms with van der Waals surface area (Å²) in [6.45, 7) is -2.25. The summed E-state index contributed by atoms with van der Waals surface area (Å²) in [4.78, 5) is 44.4. The monoisotopic (exact) mass is 378 g/mol. The molecule has 0 spiro atoms. The Hall–Kier alpha value is -0.395. The zero-order valence-corrected chi connectivity index (χ0v) is 10.6. The Balaban J connectivity index is 0. The van der Waals surface area contributed by atoms with Crippen LogP contribution in [0.2, 0.25) is 0 Å². The first-order chi connectivity index (χ1) is 9.20. The van der Waals surface area contributed by atoms with E-state index in [2.05, 4.69) is 0 Å². The number of aliphatic carboxylic acids is 4. The third kappa shape index (κ3) is 14.3. The quantitative estimate of drug-likeness (QED) is 0.298. The Kier molecular flexibility index (Phi) is 13.3. The molecule has 0 saturated heterocycles. The number of rotatable bonds is 11. The number of nitrogens with zero attached hydrogens (tertiary/aromatic N) is 2. The van der Waals surface area contributed by atoms with Crippen LogP contribution in [0.1, 0.15) is 0 Å². The summed E-state index contributed by atoms with van der Waals surface area (Å²) in [7, 11) is 0. The normalized spacial score (nSPS) is 10.2. The zero-order valence-electron chi connectivity index (χ0n) is 10.6. The summed E-state index contributed by atoms with van der Waals surface area (Å²) in [5.74, 6) is -4.91. The summed E-state index contributed by atoms with van der Waals surface area (Å²) in [5, 5.41) is 34.5. The zero-order chi connectivity index (χ0) is 15.7. The first-order valence-electron chi connectivity index (χ1n) is 5.52. The molecule has 0 heterocycles. The van der Waals surface area contributed by atoms with Crippen LogP contribution in [0, 0.1) is 0 Å². The molecule has 21 heavy (non-hydrogen) atoms. The molecule has 0 saturated carbocycles. The SMILES string of the molecule is O=C(O)CN(CCN(CC(=O)O)CC(=O)O)CC(=O)O.[RbH]. The van der Waals surface area contributed by atoms with Gasteiger partial charge in [-0.2, -0.15) is 0 Å². The van der Waals surface area contributed by atoms with Gasteiger partial charge in [-0.3, -0.25) is 29.0 Å². The van der Waals surface area contributed by atoms with Gasteiger partial charge in [0.2, 0.25) is 0 Å². The molecule has 10 nitrogen and oxygen atoms in total. The van der Waals surface area contributed by atoms with Crippen molar-refractivity contribution in [2.24, 2.45) is 0 Å². The van der Waals surface area contributed by atoms with E-state index in [4.69, 9.17) is 20.4 Å². The van der Waals surface area contributed by atoms with Crippen molar-refractivity contribution in [2.45, 2.75) is 0 Å². The Morgan fingerprint density at radius 3 is 0.905 bits per heavy atom. The molecular weight excluding hydrogens is 362 g/mol. The molecule has 4 N–H and O–H groups in total. The number of carboxylic acids is 4. The van der Waals surface area contributed by atoms with Gasteiger partial charge < -0.3 is 20.4 Å². The fraction of sp³-hybridized carbons (Fsp3) is 0.600. The van der Waals surface area contributed by atoms with E-state index in [1.54, 1.807) is 0 Å². The molecule has 11 heteroatoms. The van der Waals surface area contributed by atoms with Crippen LogP contribution in [0.5, 0.6) is 0 Å². The molecule has 0 aliphatic carbocycles. The van der Waals surface area contributed by atoms with Gasteiger partial charge in [-0.05, 0) is 0 Å². The van der Waals surface area contributed by atoms with Crippen molar-refractivity contribution in [3.63, 3.8) is 0 Å². The second kappa shape index (κ2) is 12.2. The van der Waals surface area contributed by atoms with Crippen molar-refractivity contribution in [1.29, 1.82) is 0 Å². The fourth-order valence-corrected chi connectivity index (χ4v) is 1.48. The van der Waals surface area contributed by atoms with Gasteiger partial charge in [0, 0.05) is 13.1 Å². The minimum atomic E-state index is -1.23. The summed E-state index contributed by atoms with van der Waals surface area (Å²) in [6, 6.07) is 0. The number of carboxylic acid groups (broad SMARTS) is 4. The minimum absolute atomic E-state index is 0. The van der Waals surface area contributed by atoms with Crippen LogP contribution in [-0.4, -0.2) is 152 Å². The second-order valence-electron chi connectivity index (χ2n) is 4.00. The maximum absolute atomic E-state index is 10.6. The Morgan fingerprint density at radius 2 is 0.762 bits per heavy atom. The maximum atomic E-state index is 10.6. The molecule has 0 aromatic heterocycles. The summed E-state index contributed by atoms with van der Waals surface area (Å²) in [5.41, 5.74) is 0. The first-order valence-corrected chi connectivity index (χ1v) is 5.52. The van der Waals surface area contributed by atoms with Crippen molar-refractivity contribution in [1.82, 2.24) is 9.80 Å². The van der Waals surface area contributed by atoms with Crippen LogP contribution in [0.4, 0.5) is 0 Å². The summed E-state index contributed by atoms with van der Waals surface area (Å²) >= 11 is 0. The van der Waals surface area contributed by atoms with Crippen LogP contribution in [0.15, 0.2) is 0 Å². The molecule has 0 aliphatic heterocycles. The number of carbonyl (C=O) groups is 4. The van der Waals surface area contributed by atoms with Gasteiger partial charge in [0.25, 0.3) is 0 Å². The Bertz CT molecular complexity index is 321. The molecule has 0 bridgehead atoms. The molecule has 0 atom stereocenters. The predicted molar refractivity (Wildman–Crippen MR) is 70.6 cm³/mol. The van der Waals surface area contributed by atoms with E-state index in [9.17, 15) is 19.2 Å². The van der Waals surface area contributed by atoms with Gasteiger partial charge in [-0.15, -0.1) is 0 Å². The molecule has 0 rings (SSSR count). The molecule has 0 amide bonds. The molecule has 0 radical (unpaired) electrons. The third-order valence-electron chi connectivity index (χ3n) is 2.17. The predicted octanol–water partition coefficient (Wildman–Crippen LogP) is -2.72. The number of hydrogen-bond donors (Lipinski definition) is 4. The van der Waals surface area contributed by atoms with Crippen molar-refractivity contribution in [2.75, 3.05) is 39.3 Å². The molecule has 0 fully saturated rings. The molecule has 116 valence electrons. The van der Waals surface area contributed by atoms with Gasteiger partial charge in [-0.1, -0.05) is 0 Å². The van der Waals surface area contributed by atoms with Crippen molar-refractivity contribution in [3.05, 3.63) is 0 Å². The van der Waals surface area contributed by atoms with Crippen molar-refractivity contribution < 1.29 is 39.6 Å². The van der Waals surface area contributed by atoms with Crippen LogP contribution in [-0.2, 0) is 19.2 Å². The van der Waals surface area contributed by atoms with Crippen LogP contribution < -0.4 is 0 Å². The van der Waals surface area contributed by atoms with Gasteiger partial charge in [-0.25, -0.2) is 0 Å². The van der Waals surface area contributed by atoms with Crippen LogP contribution in [0.25, 0.3) is 0 Å². The van der Waals surface area contributed by atoms with Gasteiger partial charge in [0.1, 0.15) is 0 Å². The molecule has 0 aromatic carbocycles. The van der Waals surface area contributed by atoms with Gasteiger partial charge >= 0.3 is 82.1 Å². The van der Waals surface area contributed by atoms with Crippen LogP contribution in [0.3, 0.4) is 0 Å². The van der Waals surface area contributed by atoms with Crippen molar-refractivity contribution in [3.8, 4) is 0 Å². The molecule has 0 aromatic rings. The fourth-order valence-electron chi connectivity index (χ4n) is 1.48. The molecular formula is C10H17N2O8Rb. The second-order valence-corrected chi connectivity index (χ2v) is 4.00. The van der Waals surface area contributed by atoms with Gasteiger partial charge in [0.05, 0.1) is 26.2 Å². The van der Waals surface area contributed by atoms with E-state index in [0.29, 0.717) is 0 Å².